The number of nitrogens with zero attached hydrogens (tertiary/aromatic N) is 1. The summed E-state index contributed by atoms with van der Waals surface area (Å²) in [4.78, 5) is 36.8. The number of aliphatic hydroxyl groups excluding tert-OH is 1. The number of ether oxygens (including phenoxy) is 2. The average Bonchev–Trinajstić information content (AvgIpc) is 3.02. The molecular formula is C15H20F3N3O6. The first-order valence-corrected chi connectivity index (χ1v) is 8.15. The van der Waals surface area contributed by atoms with Crippen LogP contribution in [0.1, 0.15) is 24.6 Å². The zero-order valence-corrected chi connectivity index (χ0v) is 14.4. The molecule has 0 bridgehead atoms. The Balaban J connectivity index is 2.05. The zero-order chi connectivity index (χ0) is 20.2. The van der Waals surface area contributed by atoms with Gasteiger partial charge in [-0.2, -0.15) is 13.2 Å². The number of aromatic nitrogens is 2. The van der Waals surface area contributed by atoms with Gasteiger partial charge in [0.2, 0.25) is 0 Å². The van der Waals surface area contributed by atoms with Crippen LogP contribution in [0.15, 0.2) is 15.8 Å². The largest absolute Gasteiger partial charge is 0.471 e. The molecule has 1 fully saturated rings. The van der Waals surface area contributed by atoms with Crippen molar-refractivity contribution in [3.05, 3.63) is 32.6 Å². The molecule has 2 rings (SSSR count). The summed E-state index contributed by atoms with van der Waals surface area (Å²) in [5.41, 5.74) is -1.23. The van der Waals surface area contributed by atoms with Crippen molar-refractivity contribution in [3.8, 4) is 0 Å². The van der Waals surface area contributed by atoms with Gasteiger partial charge in [0.1, 0.15) is 12.3 Å². The number of halogens is 3. The van der Waals surface area contributed by atoms with E-state index in [0.29, 0.717) is 0 Å². The molecule has 3 atom stereocenters. The second-order valence-corrected chi connectivity index (χ2v) is 6.00. The Bertz CT molecular complexity index is 763. The van der Waals surface area contributed by atoms with Crippen LogP contribution in [0.25, 0.3) is 0 Å². The lowest BCUT2D eigenvalue weighted by molar-refractivity contribution is -0.173. The summed E-state index contributed by atoms with van der Waals surface area (Å²) in [6.07, 6.45) is -5.14. The van der Waals surface area contributed by atoms with Gasteiger partial charge in [-0.3, -0.25) is 19.1 Å². The highest BCUT2D eigenvalue weighted by atomic mass is 19.4. The molecule has 2 unspecified atom stereocenters. The van der Waals surface area contributed by atoms with Gasteiger partial charge in [-0.15, -0.1) is 0 Å². The van der Waals surface area contributed by atoms with Crippen LogP contribution in [0.5, 0.6) is 0 Å². The highest BCUT2D eigenvalue weighted by Gasteiger charge is 2.38. The first-order valence-electron chi connectivity index (χ1n) is 8.15. The number of aryl methyl sites for hydroxylation is 1. The molecule has 1 aromatic heterocycles. The first-order chi connectivity index (χ1) is 12.7. The molecule has 2 heterocycles. The predicted octanol–water partition coefficient (Wildman–Crippen LogP) is -0.557. The molecule has 27 heavy (non-hydrogen) atoms. The lowest BCUT2D eigenvalue weighted by atomic mass is 10.1. The van der Waals surface area contributed by atoms with E-state index in [4.69, 9.17) is 9.47 Å². The highest BCUT2D eigenvalue weighted by Crippen LogP contribution is 2.29. The van der Waals surface area contributed by atoms with Crippen molar-refractivity contribution in [2.45, 2.75) is 43.9 Å². The molecule has 9 nitrogen and oxygen atoms in total. The Kier molecular flexibility index (Phi) is 6.78. The van der Waals surface area contributed by atoms with E-state index in [-0.39, 0.29) is 38.0 Å². The monoisotopic (exact) mass is 395 g/mol. The van der Waals surface area contributed by atoms with E-state index in [1.165, 1.54) is 13.3 Å². The van der Waals surface area contributed by atoms with Crippen LogP contribution in [-0.4, -0.2) is 59.2 Å². The van der Waals surface area contributed by atoms with Crippen molar-refractivity contribution in [2.24, 2.45) is 0 Å². The van der Waals surface area contributed by atoms with Crippen LogP contribution in [0.4, 0.5) is 13.2 Å². The third-order valence-electron chi connectivity index (χ3n) is 4.18. The van der Waals surface area contributed by atoms with Gasteiger partial charge < -0.3 is 19.9 Å². The van der Waals surface area contributed by atoms with Gasteiger partial charge in [0.05, 0.1) is 12.7 Å². The fraction of sp³-hybridized carbons (Fsp3) is 0.667. The molecule has 3 N–H and O–H groups in total. The molecule has 1 saturated heterocycles. The quantitative estimate of drug-likeness (QED) is 0.532. The summed E-state index contributed by atoms with van der Waals surface area (Å²) >= 11 is 0. The minimum atomic E-state index is -4.97. The summed E-state index contributed by atoms with van der Waals surface area (Å²) < 4.78 is 48.2. The summed E-state index contributed by atoms with van der Waals surface area (Å²) in [5, 5.41) is 11.0. The minimum absolute atomic E-state index is 0.0393. The van der Waals surface area contributed by atoms with Crippen molar-refractivity contribution >= 4 is 5.91 Å². The molecule has 0 spiro atoms. The van der Waals surface area contributed by atoms with Crippen LogP contribution in [0, 0.1) is 0 Å². The molecule has 0 aliphatic carbocycles. The number of rotatable bonds is 7. The Labute approximate surface area is 151 Å². The molecule has 1 aliphatic heterocycles. The van der Waals surface area contributed by atoms with Gasteiger partial charge >= 0.3 is 17.8 Å². The standard InChI is InChI=1S/C15H20F3N3O6/c1-26-9-5-11(27-10(9)7-22)21-6-8(12(23)20-14(21)25)3-2-4-19-13(24)15(16,17)18/h6,9-11,22H,2-5,7H2,1H3,(H,19,24)(H,20,23,25)/t9?,10-,11?/m1/s1. The van der Waals surface area contributed by atoms with E-state index in [2.05, 4.69) is 4.98 Å². The molecular weight excluding hydrogens is 375 g/mol. The van der Waals surface area contributed by atoms with Crippen molar-refractivity contribution in [2.75, 3.05) is 20.3 Å². The number of nitrogens with one attached hydrogen (secondary N) is 2. The number of amides is 1. The summed E-state index contributed by atoms with van der Waals surface area (Å²) in [6, 6.07) is 0. The summed E-state index contributed by atoms with van der Waals surface area (Å²) in [5.74, 6) is -2.05. The van der Waals surface area contributed by atoms with Gasteiger partial charge in [0.15, 0.2) is 0 Å². The zero-order valence-electron chi connectivity index (χ0n) is 14.4. The first kappa shape index (κ1) is 21.1. The number of carbonyl (C=O) groups excluding carboxylic acids is 1. The van der Waals surface area contributed by atoms with Crippen molar-refractivity contribution in [3.63, 3.8) is 0 Å². The third-order valence-corrected chi connectivity index (χ3v) is 4.18. The fourth-order valence-corrected chi connectivity index (χ4v) is 2.78. The minimum Gasteiger partial charge on any atom is -0.394 e. The number of alkyl halides is 3. The number of hydrogen-bond donors (Lipinski definition) is 3. The van der Waals surface area contributed by atoms with Gasteiger partial charge in [0.25, 0.3) is 5.56 Å². The van der Waals surface area contributed by atoms with Gasteiger partial charge in [-0.25, -0.2) is 4.79 Å². The topological polar surface area (TPSA) is 123 Å². The lowest BCUT2D eigenvalue weighted by Crippen LogP contribution is -2.37. The number of hydrogen-bond acceptors (Lipinski definition) is 6. The van der Waals surface area contributed by atoms with Crippen LogP contribution >= 0.6 is 0 Å². The smallest absolute Gasteiger partial charge is 0.394 e. The van der Waals surface area contributed by atoms with Crippen LogP contribution in [-0.2, 0) is 20.7 Å². The third kappa shape index (κ3) is 5.17. The van der Waals surface area contributed by atoms with E-state index in [1.807, 2.05) is 0 Å². The maximum atomic E-state index is 12.1. The number of aromatic amines is 1. The molecule has 0 saturated carbocycles. The molecule has 0 radical (unpaired) electrons. The Hall–Kier alpha value is -2.18. The highest BCUT2D eigenvalue weighted by molar-refractivity contribution is 5.81. The van der Waals surface area contributed by atoms with Gasteiger partial charge in [-0.1, -0.05) is 0 Å². The van der Waals surface area contributed by atoms with Crippen molar-refractivity contribution in [1.29, 1.82) is 0 Å². The van der Waals surface area contributed by atoms with E-state index in [0.717, 1.165) is 4.57 Å². The van der Waals surface area contributed by atoms with Crippen LogP contribution < -0.4 is 16.6 Å². The normalized spacial score (nSPS) is 22.8. The molecule has 152 valence electrons. The number of aliphatic hydroxyl groups is 1. The van der Waals surface area contributed by atoms with E-state index >= 15 is 0 Å². The summed E-state index contributed by atoms with van der Waals surface area (Å²) in [7, 11) is 1.44. The Morgan fingerprint density at radius 1 is 1.48 bits per heavy atom. The second-order valence-electron chi connectivity index (χ2n) is 6.00. The van der Waals surface area contributed by atoms with Crippen molar-refractivity contribution < 1.29 is 32.5 Å². The summed E-state index contributed by atoms with van der Waals surface area (Å²) in [6.45, 7) is -0.589. The van der Waals surface area contributed by atoms with E-state index < -0.39 is 41.8 Å². The fourth-order valence-electron chi connectivity index (χ4n) is 2.78. The maximum absolute atomic E-state index is 12.1. The number of carbonyl (C=O) groups is 1. The Morgan fingerprint density at radius 3 is 2.74 bits per heavy atom. The van der Waals surface area contributed by atoms with Gasteiger partial charge in [0, 0.05) is 31.8 Å². The van der Waals surface area contributed by atoms with Gasteiger partial charge in [-0.05, 0) is 12.8 Å². The van der Waals surface area contributed by atoms with E-state index in [1.54, 1.807) is 5.32 Å². The lowest BCUT2D eigenvalue weighted by Gasteiger charge is -2.15. The van der Waals surface area contributed by atoms with Crippen LogP contribution in [0.2, 0.25) is 0 Å². The maximum Gasteiger partial charge on any atom is 0.471 e. The molecule has 1 aliphatic rings. The Morgan fingerprint density at radius 2 is 2.19 bits per heavy atom. The van der Waals surface area contributed by atoms with Crippen molar-refractivity contribution in [1.82, 2.24) is 14.9 Å². The molecule has 1 aromatic rings. The number of H-pyrrole nitrogens is 1. The van der Waals surface area contributed by atoms with Crippen LogP contribution in [0.3, 0.4) is 0 Å². The predicted molar refractivity (Wildman–Crippen MR) is 85.1 cm³/mol. The average molecular weight is 395 g/mol. The number of methoxy groups -OCH3 is 1. The molecule has 0 aromatic carbocycles. The molecule has 1 amide bonds. The SMILES string of the molecule is COC1CC(n2cc(CCCNC(=O)C(F)(F)F)c(=O)[nH]c2=O)O[C@@H]1CO. The molecule has 12 heteroatoms. The van der Waals surface area contributed by atoms with E-state index in [9.17, 15) is 32.7 Å². The second kappa shape index (κ2) is 8.67.